The zero-order valence-corrected chi connectivity index (χ0v) is 13.2. The minimum atomic E-state index is 0.120. The molecule has 1 saturated heterocycles. The second-order valence-electron chi connectivity index (χ2n) is 6.12. The van der Waals surface area contributed by atoms with Crippen molar-refractivity contribution in [3.8, 4) is 0 Å². The highest BCUT2D eigenvalue weighted by Crippen LogP contribution is 2.02. The van der Waals surface area contributed by atoms with Gasteiger partial charge in [0, 0.05) is 37.6 Å². The maximum atomic E-state index is 11.1. The van der Waals surface area contributed by atoms with Gasteiger partial charge in [0.2, 0.25) is 5.91 Å². The fraction of sp³-hybridized carbons (Fsp3) is 0.857. The molecule has 0 aliphatic carbocycles. The van der Waals surface area contributed by atoms with Crippen molar-refractivity contribution in [2.75, 3.05) is 26.2 Å². The first-order valence-electron chi connectivity index (χ1n) is 7.47. The average molecular weight is 283 g/mol. The van der Waals surface area contributed by atoms with Crippen LogP contribution in [0.5, 0.6) is 0 Å². The van der Waals surface area contributed by atoms with Crippen molar-refractivity contribution >= 4 is 11.9 Å². The monoisotopic (exact) mass is 283 g/mol. The summed E-state index contributed by atoms with van der Waals surface area (Å²) in [5, 5.41) is 12.9. The van der Waals surface area contributed by atoms with Gasteiger partial charge in [-0.1, -0.05) is 0 Å². The first kappa shape index (κ1) is 16.8. The molecular formula is C14H29N5O. The van der Waals surface area contributed by atoms with Crippen LogP contribution in [0.15, 0.2) is 4.99 Å². The van der Waals surface area contributed by atoms with Gasteiger partial charge in [-0.25, -0.2) is 0 Å². The third kappa shape index (κ3) is 7.33. The minimum Gasteiger partial charge on any atom is -0.357 e. The van der Waals surface area contributed by atoms with E-state index in [4.69, 9.17) is 0 Å². The van der Waals surface area contributed by atoms with Gasteiger partial charge in [-0.15, -0.1) is 0 Å². The van der Waals surface area contributed by atoms with E-state index in [-0.39, 0.29) is 17.5 Å². The quantitative estimate of drug-likeness (QED) is 0.330. The lowest BCUT2D eigenvalue weighted by atomic mass is 10.1. The Bertz CT molecular complexity index is 325. The van der Waals surface area contributed by atoms with Crippen LogP contribution in [-0.4, -0.2) is 49.6 Å². The van der Waals surface area contributed by atoms with Crippen molar-refractivity contribution in [2.45, 2.75) is 52.1 Å². The van der Waals surface area contributed by atoms with E-state index in [0.717, 1.165) is 32.0 Å². The van der Waals surface area contributed by atoms with Crippen molar-refractivity contribution in [3.63, 3.8) is 0 Å². The largest absolute Gasteiger partial charge is 0.357 e. The van der Waals surface area contributed by atoms with Crippen LogP contribution in [-0.2, 0) is 4.79 Å². The molecule has 6 heteroatoms. The molecule has 0 aromatic carbocycles. The Kier molecular flexibility index (Phi) is 6.78. The fourth-order valence-corrected chi connectivity index (χ4v) is 1.97. The van der Waals surface area contributed by atoms with E-state index >= 15 is 0 Å². The SMILES string of the molecule is CCNC(=NCCNC(C)(C)C)NC1CCC(=O)NC1. The molecule has 1 atom stereocenters. The Morgan fingerprint density at radius 1 is 1.45 bits per heavy atom. The molecule has 0 saturated carbocycles. The molecule has 116 valence electrons. The Balaban J connectivity index is 2.36. The Labute approximate surface area is 122 Å². The minimum absolute atomic E-state index is 0.120. The zero-order chi connectivity index (χ0) is 15.0. The molecular weight excluding hydrogens is 254 g/mol. The lowest BCUT2D eigenvalue weighted by Crippen LogP contribution is -2.51. The zero-order valence-electron chi connectivity index (χ0n) is 13.2. The molecule has 20 heavy (non-hydrogen) atoms. The molecule has 1 aliphatic heterocycles. The van der Waals surface area contributed by atoms with Crippen LogP contribution >= 0.6 is 0 Å². The molecule has 0 bridgehead atoms. The van der Waals surface area contributed by atoms with Gasteiger partial charge in [0.05, 0.1) is 6.54 Å². The number of guanidine groups is 1. The summed E-state index contributed by atoms with van der Waals surface area (Å²) in [4.78, 5) is 15.7. The van der Waals surface area contributed by atoms with Gasteiger partial charge in [0.1, 0.15) is 0 Å². The Morgan fingerprint density at radius 2 is 2.20 bits per heavy atom. The fourth-order valence-electron chi connectivity index (χ4n) is 1.97. The predicted molar refractivity (Wildman–Crippen MR) is 82.9 cm³/mol. The van der Waals surface area contributed by atoms with Crippen LogP contribution in [0.3, 0.4) is 0 Å². The van der Waals surface area contributed by atoms with Crippen LogP contribution in [0.4, 0.5) is 0 Å². The summed E-state index contributed by atoms with van der Waals surface area (Å²) < 4.78 is 0. The number of rotatable bonds is 5. The van der Waals surface area contributed by atoms with Crippen molar-refractivity contribution in [3.05, 3.63) is 0 Å². The average Bonchev–Trinajstić information content (AvgIpc) is 2.36. The van der Waals surface area contributed by atoms with Gasteiger partial charge < -0.3 is 21.3 Å². The van der Waals surface area contributed by atoms with Crippen LogP contribution in [0.25, 0.3) is 0 Å². The normalized spacial score (nSPS) is 20.5. The summed E-state index contributed by atoms with van der Waals surface area (Å²) in [6, 6.07) is 0.265. The number of hydrogen-bond acceptors (Lipinski definition) is 3. The number of nitrogens with zero attached hydrogens (tertiary/aromatic N) is 1. The summed E-state index contributed by atoms with van der Waals surface area (Å²) in [7, 11) is 0. The standard InChI is InChI=1S/C14H29N5O/c1-5-15-13(16-8-9-18-14(2,3)4)19-11-6-7-12(20)17-10-11/h11,18H,5-10H2,1-4H3,(H,17,20)(H2,15,16,19). The number of nitrogens with one attached hydrogen (secondary N) is 4. The number of carbonyl (C=O) groups is 1. The van der Waals surface area contributed by atoms with Gasteiger partial charge in [0.25, 0.3) is 0 Å². The summed E-state index contributed by atoms with van der Waals surface area (Å²) in [5.41, 5.74) is 0.120. The van der Waals surface area contributed by atoms with Crippen molar-refractivity contribution in [2.24, 2.45) is 4.99 Å². The first-order valence-corrected chi connectivity index (χ1v) is 7.47. The van der Waals surface area contributed by atoms with Crippen molar-refractivity contribution in [1.29, 1.82) is 0 Å². The van der Waals surface area contributed by atoms with Gasteiger partial charge in [-0.2, -0.15) is 0 Å². The Hall–Kier alpha value is -1.30. The first-order chi connectivity index (χ1) is 9.40. The summed E-state index contributed by atoms with van der Waals surface area (Å²) in [6.45, 7) is 11.6. The topological polar surface area (TPSA) is 77.6 Å². The molecule has 0 radical (unpaired) electrons. The van der Waals surface area contributed by atoms with E-state index in [0.29, 0.717) is 13.0 Å². The molecule has 1 amide bonds. The maximum absolute atomic E-state index is 11.1. The van der Waals surface area contributed by atoms with Gasteiger partial charge >= 0.3 is 0 Å². The van der Waals surface area contributed by atoms with E-state index in [1.807, 2.05) is 6.92 Å². The molecule has 0 aromatic heterocycles. The molecule has 1 unspecified atom stereocenters. The maximum Gasteiger partial charge on any atom is 0.220 e. The predicted octanol–water partition coefficient (Wildman–Crippen LogP) is 0.208. The van der Waals surface area contributed by atoms with E-state index in [2.05, 4.69) is 47.0 Å². The molecule has 1 fully saturated rings. The molecule has 1 rings (SSSR count). The lowest BCUT2D eigenvalue weighted by molar-refractivity contribution is -0.122. The van der Waals surface area contributed by atoms with E-state index in [1.54, 1.807) is 0 Å². The molecule has 0 aromatic rings. The van der Waals surface area contributed by atoms with Gasteiger partial charge in [-0.05, 0) is 34.1 Å². The number of amides is 1. The van der Waals surface area contributed by atoms with Gasteiger partial charge in [0.15, 0.2) is 5.96 Å². The number of carbonyl (C=O) groups excluding carboxylic acids is 1. The smallest absolute Gasteiger partial charge is 0.220 e. The van der Waals surface area contributed by atoms with Crippen LogP contribution in [0, 0.1) is 0 Å². The van der Waals surface area contributed by atoms with Crippen molar-refractivity contribution in [1.82, 2.24) is 21.3 Å². The molecule has 6 nitrogen and oxygen atoms in total. The number of piperidine rings is 1. The summed E-state index contributed by atoms with van der Waals surface area (Å²) >= 11 is 0. The molecule has 1 aliphatic rings. The van der Waals surface area contributed by atoms with E-state index in [9.17, 15) is 4.79 Å². The van der Waals surface area contributed by atoms with Crippen LogP contribution < -0.4 is 21.3 Å². The molecule has 1 heterocycles. The third-order valence-electron chi connectivity index (χ3n) is 2.99. The number of hydrogen-bond donors (Lipinski definition) is 4. The second kappa shape index (κ2) is 8.09. The highest BCUT2D eigenvalue weighted by Gasteiger charge is 2.18. The lowest BCUT2D eigenvalue weighted by Gasteiger charge is -2.25. The Morgan fingerprint density at radius 3 is 2.75 bits per heavy atom. The van der Waals surface area contributed by atoms with E-state index in [1.165, 1.54) is 0 Å². The third-order valence-corrected chi connectivity index (χ3v) is 2.99. The van der Waals surface area contributed by atoms with Gasteiger partial charge in [-0.3, -0.25) is 9.79 Å². The second-order valence-corrected chi connectivity index (χ2v) is 6.12. The molecule has 0 spiro atoms. The molecule has 4 N–H and O–H groups in total. The highest BCUT2D eigenvalue weighted by molar-refractivity contribution is 5.81. The summed E-state index contributed by atoms with van der Waals surface area (Å²) in [6.07, 6.45) is 1.44. The van der Waals surface area contributed by atoms with E-state index < -0.39 is 0 Å². The van der Waals surface area contributed by atoms with Crippen LogP contribution in [0.2, 0.25) is 0 Å². The number of aliphatic imine (C=N–C) groups is 1. The summed E-state index contributed by atoms with van der Waals surface area (Å²) in [5.74, 6) is 0.962. The van der Waals surface area contributed by atoms with Crippen LogP contribution in [0.1, 0.15) is 40.5 Å². The highest BCUT2D eigenvalue weighted by atomic mass is 16.1. The van der Waals surface area contributed by atoms with Crippen molar-refractivity contribution < 1.29 is 4.79 Å².